The van der Waals surface area contributed by atoms with E-state index in [2.05, 4.69) is 10.6 Å². The topological polar surface area (TPSA) is 54.3 Å². The van der Waals surface area contributed by atoms with Gasteiger partial charge in [0.15, 0.2) is 0 Å². The zero-order chi connectivity index (χ0) is 16.2. The van der Waals surface area contributed by atoms with Gasteiger partial charge in [0.1, 0.15) is 0 Å². The molecule has 1 heterocycles. The summed E-state index contributed by atoms with van der Waals surface area (Å²) in [5.41, 5.74) is 0.482. The Morgan fingerprint density at radius 2 is 1.91 bits per heavy atom. The van der Waals surface area contributed by atoms with Crippen molar-refractivity contribution in [3.63, 3.8) is 0 Å². The van der Waals surface area contributed by atoms with Crippen LogP contribution in [0.25, 0.3) is 0 Å². The van der Waals surface area contributed by atoms with Crippen molar-refractivity contribution in [2.45, 2.75) is 25.6 Å². The number of anilines is 1. The quantitative estimate of drug-likeness (QED) is 0.895. The molecule has 0 aliphatic carbocycles. The van der Waals surface area contributed by atoms with E-state index in [-0.39, 0.29) is 6.04 Å². The highest BCUT2D eigenvalue weighted by Crippen LogP contribution is 2.29. The number of alkyl halides is 3. The third-order valence-corrected chi connectivity index (χ3v) is 2.97. The van der Waals surface area contributed by atoms with Crippen molar-refractivity contribution in [2.24, 2.45) is 0 Å². The Balaban J connectivity index is 1.86. The van der Waals surface area contributed by atoms with Gasteiger partial charge in [0.05, 0.1) is 18.1 Å². The van der Waals surface area contributed by atoms with Crippen LogP contribution in [0.4, 0.5) is 23.7 Å². The van der Waals surface area contributed by atoms with Gasteiger partial charge in [-0.2, -0.15) is 13.2 Å². The van der Waals surface area contributed by atoms with Gasteiger partial charge in [-0.25, -0.2) is 4.79 Å². The molecule has 0 saturated heterocycles. The second-order valence-electron chi connectivity index (χ2n) is 4.91. The van der Waals surface area contributed by atoms with E-state index in [1.807, 2.05) is 6.92 Å². The van der Waals surface area contributed by atoms with E-state index in [1.165, 1.54) is 12.1 Å². The number of nitrogens with one attached hydrogen (secondary N) is 2. The van der Waals surface area contributed by atoms with Gasteiger partial charge in [-0.15, -0.1) is 0 Å². The molecule has 1 aromatic carbocycles. The molecule has 2 aromatic rings. The van der Waals surface area contributed by atoms with Crippen LogP contribution in [0.3, 0.4) is 0 Å². The van der Waals surface area contributed by atoms with Crippen molar-refractivity contribution in [1.29, 1.82) is 0 Å². The molecule has 2 N–H and O–H groups in total. The van der Waals surface area contributed by atoms with Crippen LogP contribution in [-0.2, 0) is 12.6 Å². The maximum absolute atomic E-state index is 12.4. The minimum atomic E-state index is -4.39. The molecule has 1 atom stereocenters. The summed E-state index contributed by atoms with van der Waals surface area (Å²) >= 11 is 0. The number of urea groups is 1. The molecule has 2 rings (SSSR count). The van der Waals surface area contributed by atoms with Gasteiger partial charge < -0.3 is 15.1 Å². The summed E-state index contributed by atoms with van der Waals surface area (Å²) < 4.78 is 42.2. The minimum Gasteiger partial charge on any atom is -0.472 e. The van der Waals surface area contributed by atoms with Gasteiger partial charge in [0, 0.05) is 11.7 Å². The zero-order valence-electron chi connectivity index (χ0n) is 11.8. The van der Waals surface area contributed by atoms with Gasteiger partial charge in [0.25, 0.3) is 0 Å². The molecular formula is C15H15F3N2O2. The molecule has 0 saturated carbocycles. The fraction of sp³-hybridized carbons (Fsp3) is 0.267. The second kappa shape index (κ2) is 6.55. The lowest BCUT2D eigenvalue weighted by molar-refractivity contribution is -0.137. The molecule has 0 fully saturated rings. The SMILES string of the molecule is CC(Cc1ccoc1)NC(=O)Nc1ccc(C(F)(F)F)cc1. The van der Waals surface area contributed by atoms with Gasteiger partial charge in [-0.1, -0.05) is 0 Å². The zero-order valence-corrected chi connectivity index (χ0v) is 11.8. The Labute approximate surface area is 125 Å². The van der Waals surface area contributed by atoms with Crippen molar-refractivity contribution >= 4 is 11.7 Å². The van der Waals surface area contributed by atoms with Crippen LogP contribution < -0.4 is 10.6 Å². The highest BCUT2D eigenvalue weighted by atomic mass is 19.4. The number of benzene rings is 1. The number of halogens is 3. The predicted octanol–water partition coefficient (Wildman–Crippen LogP) is 4.05. The lowest BCUT2D eigenvalue weighted by Gasteiger charge is -2.14. The molecule has 0 aliphatic heterocycles. The maximum atomic E-state index is 12.4. The van der Waals surface area contributed by atoms with Gasteiger partial charge >= 0.3 is 12.2 Å². The van der Waals surface area contributed by atoms with E-state index in [1.54, 1.807) is 18.6 Å². The molecule has 2 amide bonds. The van der Waals surface area contributed by atoms with Crippen LogP contribution >= 0.6 is 0 Å². The van der Waals surface area contributed by atoms with E-state index in [0.717, 1.165) is 17.7 Å². The molecule has 1 unspecified atom stereocenters. The first kappa shape index (κ1) is 15.9. The summed E-state index contributed by atoms with van der Waals surface area (Å²) in [4.78, 5) is 11.8. The largest absolute Gasteiger partial charge is 0.472 e. The van der Waals surface area contributed by atoms with Crippen LogP contribution in [0.5, 0.6) is 0 Å². The number of carbonyl (C=O) groups excluding carboxylic acids is 1. The summed E-state index contributed by atoms with van der Waals surface area (Å²) in [5.74, 6) is 0. The van der Waals surface area contributed by atoms with E-state index < -0.39 is 17.8 Å². The molecule has 0 radical (unpaired) electrons. The summed E-state index contributed by atoms with van der Waals surface area (Å²) in [5, 5.41) is 5.19. The Morgan fingerprint density at radius 3 is 2.45 bits per heavy atom. The summed E-state index contributed by atoms with van der Waals surface area (Å²) in [6.45, 7) is 1.82. The average molecular weight is 312 g/mol. The first-order valence-electron chi connectivity index (χ1n) is 6.60. The average Bonchev–Trinajstić information content (AvgIpc) is 2.90. The molecule has 0 bridgehead atoms. The second-order valence-corrected chi connectivity index (χ2v) is 4.91. The Kier molecular flexibility index (Phi) is 4.75. The summed E-state index contributed by atoms with van der Waals surface area (Å²) in [6.07, 6.45) is -0.660. The molecule has 118 valence electrons. The third kappa shape index (κ3) is 4.54. The van der Waals surface area contributed by atoms with Crippen LogP contribution in [-0.4, -0.2) is 12.1 Å². The molecule has 0 spiro atoms. The lowest BCUT2D eigenvalue weighted by atomic mass is 10.1. The van der Waals surface area contributed by atoms with Crippen molar-refractivity contribution in [3.8, 4) is 0 Å². The van der Waals surface area contributed by atoms with Crippen LogP contribution in [0, 0.1) is 0 Å². The number of furan rings is 1. The lowest BCUT2D eigenvalue weighted by Crippen LogP contribution is -2.37. The number of carbonyl (C=O) groups is 1. The monoisotopic (exact) mass is 312 g/mol. The number of rotatable bonds is 4. The van der Waals surface area contributed by atoms with Crippen molar-refractivity contribution < 1.29 is 22.4 Å². The molecule has 4 nitrogen and oxygen atoms in total. The molecule has 22 heavy (non-hydrogen) atoms. The first-order valence-corrected chi connectivity index (χ1v) is 6.60. The fourth-order valence-corrected chi connectivity index (χ4v) is 1.95. The van der Waals surface area contributed by atoms with E-state index in [0.29, 0.717) is 12.1 Å². The van der Waals surface area contributed by atoms with Crippen molar-refractivity contribution in [1.82, 2.24) is 5.32 Å². The normalized spacial score (nSPS) is 12.7. The molecule has 1 aromatic heterocycles. The first-order chi connectivity index (χ1) is 10.3. The highest BCUT2D eigenvalue weighted by Gasteiger charge is 2.29. The van der Waals surface area contributed by atoms with E-state index >= 15 is 0 Å². The van der Waals surface area contributed by atoms with Gasteiger partial charge in [0.2, 0.25) is 0 Å². The summed E-state index contributed by atoms with van der Waals surface area (Å²) in [7, 11) is 0. The molecule has 0 aliphatic rings. The van der Waals surface area contributed by atoms with Crippen LogP contribution in [0.1, 0.15) is 18.1 Å². The molecule has 7 heteroatoms. The Bertz CT molecular complexity index is 607. The summed E-state index contributed by atoms with van der Waals surface area (Å²) in [6, 6.07) is 5.44. The fourth-order valence-electron chi connectivity index (χ4n) is 1.95. The maximum Gasteiger partial charge on any atom is 0.416 e. The highest BCUT2D eigenvalue weighted by molar-refractivity contribution is 5.89. The van der Waals surface area contributed by atoms with Gasteiger partial charge in [-0.05, 0) is 49.2 Å². The molecular weight excluding hydrogens is 297 g/mol. The van der Waals surface area contributed by atoms with Gasteiger partial charge in [-0.3, -0.25) is 0 Å². The minimum absolute atomic E-state index is 0.146. The van der Waals surface area contributed by atoms with Crippen LogP contribution in [0.15, 0.2) is 47.3 Å². The number of amides is 2. The Hall–Kier alpha value is -2.44. The standard InChI is InChI=1S/C15H15F3N2O2/c1-10(8-11-6-7-22-9-11)19-14(21)20-13-4-2-12(3-5-13)15(16,17)18/h2-7,9-10H,8H2,1H3,(H2,19,20,21). The van der Waals surface area contributed by atoms with Crippen LogP contribution in [0.2, 0.25) is 0 Å². The van der Waals surface area contributed by atoms with Crippen molar-refractivity contribution in [3.05, 3.63) is 54.0 Å². The number of hydrogen-bond acceptors (Lipinski definition) is 2. The smallest absolute Gasteiger partial charge is 0.416 e. The van der Waals surface area contributed by atoms with Crippen molar-refractivity contribution in [2.75, 3.05) is 5.32 Å². The number of hydrogen-bond donors (Lipinski definition) is 2. The van der Waals surface area contributed by atoms with E-state index in [9.17, 15) is 18.0 Å². The van der Waals surface area contributed by atoms with E-state index in [4.69, 9.17) is 4.42 Å². The predicted molar refractivity (Wildman–Crippen MR) is 75.5 cm³/mol. The third-order valence-electron chi connectivity index (χ3n) is 2.97. The Morgan fingerprint density at radius 1 is 1.23 bits per heavy atom.